The van der Waals surface area contributed by atoms with Crippen molar-refractivity contribution in [2.24, 2.45) is 0 Å². The van der Waals surface area contributed by atoms with Gasteiger partial charge in [-0.2, -0.15) is 13.2 Å². The smallest absolute Gasteiger partial charge is 0.416 e. The molecule has 3 nitrogen and oxygen atoms in total. The van der Waals surface area contributed by atoms with Crippen LogP contribution in [0.3, 0.4) is 0 Å². The van der Waals surface area contributed by atoms with Crippen LogP contribution >= 0.6 is 0 Å². The molecule has 94 valence electrons. The van der Waals surface area contributed by atoms with Gasteiger partial charge in [-0.05, 0) is 11.6 Å². The van der Waals surface area contributed by atoms with Gasteiger partial charge in [0.05, 0.1) is 11.6 Å². The van der Waals surface area contributed by atoms with Crippen molar-refractivity contribution < 1.29 is 28.8 Å². The second kappa shape index (κ2) is 5.18. The van der Waals surface area contributed by atoms with Crippen molar-refractivity contribution in [2.75, 3.05) is 0 Å². The fourth-order valence-corrected chi connectivity index (χ4v) is 1.52. The van der Waals surface area contributed by atoms with Crippen LogP contribution in [0.25, 0.3) is 0 Å². The molecule has 0 radical (unpaired) electrons. The molecule has 0 bridgehead atoms. The molecule has 1 rings (SSSR count). The summed E-state index contributed by atoms with van der Waals surface area (Å²) in [7, 11) is 0. The van der Waals surface area contributed by atoms with E-state index < -0.39 is 23.8 Å². The van der Waals surface area contributed by atoms with Crippen molar-refractivity contribution in [3.05, 3.63) is 35.4 Å². The van der Waals surface area contributed by atoms with Gasteiger partial charge in [0.2, 0.25) is 0 Å². The molecule has 1 atom stereocenters. The molecule has 0 fully saturated rings. The normalized spacial score (nSPS) is 13.4. The zero-order valence-corrected chi connectivity index (χ0v) is 8.96. The van der Waals surface area contributed by atoms with Crippen molar-refractivity contribution in [2.45, 2.75) is 25.1 Å². The SMILES string of the molecule is [NH3+][C@@H](CC(=O)[O-])Cc1cccc(C(F)(F)F)c1. The number of alkyl halides is 3. The first kappa shape index (κ1) is 13.5. The highest BCUT2D eigenvalue weighted by atomic mass is 19.4. The lowest BCUT2D eigenvalue weighted by Crippen LogP contribution is -2.63. The lowest BCUT2D eigenvalue weighted by atomic mass is 10.0. The summed E-state index contributed by atoms with van der Waals surface area (Å²) in [5.74, 6) is -1.25. The minimum absolute atomic E-state index is 0.178. The molecule has 1 aromatic rings. The molecule has 0 aliphatic carbocycles. The highest BCUT2D eigenvalue weighted by Crippen LogP contribution is 2.29. The van der Waals surface area contributed by atoms with Crippen molar-refractivity contribution in [3.63, 3.8) is 0 Å². The summed E-state index contributed by atoms with van der Waals surface area (Å²) in [6.07, 6.45) is -4.48. The van der Waals surface area contributed by atoms with Crippen LogP contribution in [0, 0.1) is 0 Å². The van der Waals surface area contributed by atoms with Crippen LogP contribution in [-0.2, 0) is 17.4 Å². The van der Waals surface area contributed by atoms with E-state index >= 15 is 0 Å². The van der Waals surface area contributed by atoms with Crippen molar-refractivity contribution in [3.8, 4) is 0 Å². The molecule has 0 aliphatic heterocycles. The lowest BCUT2D eigenvalue weighted by Gasteiger charge is -2.11. The van der Waals surface area contributed by atoms with Gasteiger partial charge in [0.25, 0.3) is 0 Å². The summed E-state index contributed by atoms with van der Waals surface area (Å²) in [5.41, 5.74) is 3.24. The van der Waals surface area contributed by atoms with Crippen molar-refractivity contribution in [1.82, 2.24) is 0 Å². The van der Waals surface area contributed by atoms with Crippen LogP contribution in [0.2, 0.25) is 0 Å². The third-order valence-electron chi connectivity index (χ3n) is 2.23. The van der Waals surface area contributed by atoms with Gasteiger partial charge in [-0.1, -0.05) is 18.2 Å². The van der Waals surface area contributed by atoms with E-state index in [4.69, 9.17) is 0 Å². The first-order chi connectivity index (χ1) is 7.79. The molecule has 0 aromatic heterocycles. The first-order valence-corrected chi connectivity index (χ1v) is 4.98. The number of hydrogen-bond acceptors (Lipinski definition) is 2. The first-order valence-electron chi connectivity index (χ1n) is 4.98. The number of hydrogen-bond donors (Lipinski definition) is 1. The molecular formula is C11H12F3NO2. The minimum atomic E-state index is -4.39. The summed E-state index contributed by atoms with van der Waals surface area (Å²) in [5, 5.41) is 10.3. The lowest BCUT2D eigenvalue weighted by molar-refractivity contribution is -0.423. The maximum Gasteiger partial charge on any atom is 0.416 e. The van der Waals surface area contributed by atoms with Crippen LogP contribution in [0.1, 0.15) is 17.5 Å². The summed E-state index contributed by atoms with van der Waals surface area (Å²) < 4.78 is 37.2. The Kier molecular flexibility index (Phi) is 4.11. The summed E-state index contributed by atoms with van der Waals surface area (Å²) >= 11 is 0. The van der Waals surface area contributed by atoms with E-state index in [9.17, 15) is 23.1 Å². The second-order valence-electron chi connectivity index (χ2n) is 3.84. The Labute approximate surface area is 96.0 Å². The van der Waals surface area contributed by atoms with Gasteiger partial charge in [-0.3, -0.25) is 0 Å². The van der Waals surface area contributed by atoms with Gasteiger partial charge in [0.15, 0.2) is 0 Å². The third kappa shape index (κ3) is 4.44. The number of halogens is 3. The fraction of sp³-hybridized carbons (Fsp3) is 0.364. The monoisotopic (exact) mass is 247 g/mol. The maximum absolute atomic E-state index is 12.4. The van der Waals surface area contributed by atoms with Crippen LogP contribution in [0.15, 0.2) is 24.3 Å². The van der Waals surface area contributed by atoms with Gasteiger partial charge < -0.3 is 15.6 Å². The maximum atomic E-state index is 12.4. The molecule has 3 N–H and O–H groups in total. The van der Waals surface area contributed by atoms with Crippen LogP contribution in [0.4, 0.5) is 13.2 Å². The van der Waals surface area contributed by atoms with Gasteiger partial charge >= 0.3 is 6.18 Å². The molecule has 0 saturated heterocycles. The molecule has 0 unspecified atom stereocenters. The molecule has 1 aromatic carbocycles. The van der Waals surface area contributed by atoms with Gasteiger partial charge in [0, 0.05) is 18.8 Å². The van der Waals surface area contributed by atoms with E-state index in [-0.39, 0.29) is 12.8 Å². The van der Waals surface area contributed by atoms with E-state index in [0.29, 0.717) is 5.56 Å². The predicted octanol–water partition coefficient (Wildman–Crippen LogP) is -0.00160. The van der Waals surface area contributed by atoms with Crippen molar-refractivity contribution in [1.29, 1.82) is 0 Å². The summed E-state index contributed by atoms with van der Waals surface area (Å²) in [6.45, 7) is 0. The van der Waals surface area contributed by atoms with E-state index in [0.717, 1.165) is 12.1 Å². The average Bonchev–Trinajstić information content (AvgIpc) is 2.15. The number of carbonyl (C=O) groups is 1. The molecule has 0 aliphatic rings. The summed E-state index contributed by atoms with van der Waals surface area (Å²) in [4.78, 5) is 10.3. The highest BCUT2D eigenvalue weighted by Gasteiger charge is 2.30. The molecule has 17 heavy (non-hydrogen) atoms. The quantitative estimate of drug-likeness (QED) is 0.813. The molecule has 6 heteroatoms. The number of benzene rings is 1. The predicted molar refractivity (Wildman–Crippen MR) is 51.4 cm³/mol. The largest absolute Gasteiger partial charge is 0.550 e. The number of carboxylic acid groups (broad SMARTS) is 1. The standard InChI is InChI=1S/C11H12F3NO2/c12-11(13,14)8-3-1-2-7(4-8)5-9(15)6-10(16)17/h1-4,9H,5-6,15H2,(H,16,17)/t9-/m1/s1. The van der Waals surface area contributed by atoms with E-state index in [2.05, 4.69) is 5.73 Å². The van der Waals surface area contributed by atoms with Gasteiger partial charge in [0.1, 0.15) is 0 Å². The molecule has 0 heterocycles. The number of carbonyl (C=O) groups excluding carboxylic acids is 1. The zero-order chi connectivity index (χ0) is 13.1. The second-order valence-corrected chi connectivity index (χ2v) is 3.84. The minimum Gasteiger partial charge on any atom is -0.550 e. The van der Waals surface area contributed by atoms with Crippen LogP contribution < -0.4 is 10.8 Å². The Morgan fingerprint density at radius 1 is 1.41 bits per heavy atom. The fourth-order valence-electron chi connectivity index (χ4n) is 1.52. The van der Waals surface area contributed by atoms with E-state index in [1.807, 2.05) is 0 Å². The Morgan fingerprint density at radius 2 is 2.06 bits per heavy atom. The van der Waals surface area contributed by atoms with Crippen LogP contribution in [-0.4, -0.2) is 12.0 Å². The summed E-state index contributed by atoms with van der Waals surface area (Å²) in [6, 6.07) is 4.30. The average molecular weight is 247 g/mol. The third-order valence-corrected chi connectivity index (χ3v) is 2.23. The molecule has 0 saturated carbocycles. The Bertz CT molecular complexity index is 404. The van der Waals surface area contributed by atoms with Crippen molar-refractivity contribution >= 4 is 5.97 Å². The molecule has 0 spiro atoms. The Hall–Kier alpha value is -1.56. The number of carboxylic acids is 1. The Balaban J connectivity index is 2.76. The van der Waals surface area contributed by atoms with E-state index in [1.165, 1.54) is 12.1 Å². The van der Waals surface area contributed by atoms with Gasteiger partial charge in [-0.25, -0.2) is 0 Å². The number of rotatable bonds is 4. The molecule has 0 amide bonds. The van der Waals surface area contributed by atoms with E-state index in [1.54, 1.807) is 0 Å². The topological polar surface area (TPSA) is 67.8 Å². The highest BCUT2D eigenvalue weighted by molar-refractivity contribution is 5.64. The molecular weight excluding hydrogens is 235 g/mol. The number of aliphatic carboxylic acids is 1. The van der Waals surface area contributed by atoms with Gasteiger partial charge in [-0.15, -0.1) is 0 Å². The Morgan fingerprint density at radius 3 is 2.59 bits per heavy atom. The zero-order valence-electron chi connectivity index (χ0n) is 8.96. The van der Waals surface area contributed by atoms with Crippen LogP contribution in [0.5, 0.6) is 0 Å². The number of quaternary nitrogens is 1.